The van der Waals surface area contributed by atoms with Crippen LogP contribution in [0.25, 0.3) is 0 Å². The fraction of sp³-hybridized carbons (Fsp3) is 0.214. The van der Waals surface area contributed by atoms with Crippen LogP contribution in [0.5, 0.6) is 0 Å². The molecule has 0 aliphatic heterocycles. The highest BCUT2D eigenvalue weighted by Crippen LogP contribution is 2.10. The van der Waals surface area contributed by atoms with Gasteiger partial charge in [0.1, 0.15) is 6.10 Å². The van der Waals surface area contributed by atoms with Gasteiger partial charge in [0.15, 0.2) is 0 Å². The fourth-order valence-electron chi connectivity index (χ4n) is 1.45. The first-order valence-electron chi connectivity index (χ1n) is 5.24. The lowest BCUT2D eigenvalue weighted by molar-refractivity contribution is -0.142. The highest BCUT2D eigenvalue weighted by atomic mass is 16.5. The minimum absolute atomic E-state index is 0.162. The van der Waals surface area contributed by atoms with Crippen molar-refractivity contribution in [3.05, 3.63) is 61.2 Å². The third kappa shape index (κ3) is 4.13. The minimum atomic E-state index is -0.386. The van der Waals surface area contributed by atoms with E-state index in [9.17, 15) is 4.79 Å². The molecule has 1 aromatic rings. The van der Waals surface area contributed by atoms with Crippen molar-refractivity contribution in [2.24, 2.45) is 0 Å². The van der Waals surface area contributed by atoms with E-state index in [-0.39, 0.29) is 12.1 Å². The molecule has 0 aromatic heterocycles. The molecule has 0 N–H and O–H groups in total. The SMILES string of the molecule is C=CCC(Cc1ccccc1)OC(=O)C=C. The van der Waals surface area contributed by atoms with Crippen LogP contribution in [0.4, 0.5) is 0 Å². The molecule has 0 aliphatic rings. The molecule has 1 atom stereocenters. The largest absolute Gasteiger partial charge is 0.459 e. The number of carbonyl (C=O) groups is 1. The summed E-state index contributed by atoms with van der Waals surface area (Å²) in [5.41, 5.74) is 1.14. The van der Waals surface area contributed by atoms with Crippen molar-refractivity contribution < 1.29 is 9.53 Å². The molecule has 0 aliphatic carbocycles. The lowest BCUT2D eigenvalue weighted by Gasteiger charge is -2.15. The Kier molecular flexibility index (Phi) is 5.06. The molecule has 0 bridgehead atoms. The molecule has 0 saturated heterocycles. The highest BCUT2D eigenvalue weighted by molar-refractivity contribution is 5.81. The van der Waals surface area contributed by atoms with Crippen molar-refractivity contribution in [3.63, 3.8) is 0 Å². The molecule has 1 aromatic carbocycles. The fourth-order valence-corrected chi connectivity index (χ4v) is 1.45. The smallest absolute Gasteiger partial charge is 0.330 e. The van der Waals surface area contributed by atoms with E-state index in [1.165, 1.54) is 6.08 Å². The normalized spacial score (nSPS) is 11.5. The van der Waals surface area contributed by atoms with Crippen LogP contribution >= 0.6 is 0 Å². The van der Waals surface area contributed by atoms with Crippen molar-refractivity contribution in [2.75, 3.05) is 0 Å². The number of carbonyl (C=O) groups excluding carboxylic acids is 1. The summed E-state index contributed by atoms with van der Waals surface area (Å²) < 4.78 is 5.22. The third-order valence-corrected chi connectivity index (χ3v) is 2.19. The van der Waals surface area contributed by atoms with Crippen molar-refractivity contribution in [1.29, 1.82) is 0 Å². The van der Waals surface area contributed by atoms with Gasteiger partial charge >= 0.3 is 5.97 Å². The Morgan fingerprint density at radius 3 is 2.56 bits per heavy atom. The predicted molar refractivity (Wildman–Crippen MR) is 65.0 cm³/mol. The first kappa shape index (κ1) is 12.2. The molecule has 1 unspecified atom stereocenters. The molecule has 84 valence electrons. The molecule has 0 amide bonds. The molecule has 0 radical (unpaired) electrons. The van der Waals surface area contributed by atoms with E-state index >= 15 is 0 Å². The van der Waals surface area contributed by atoms with E-state index in [1.54, 1.807) is 6.08 Å². The van der Waals surface area contributed by atoms with Gasteiger partial charge in [0.25, 0.3) is 0 Å². The van der Waals surface area contributed by atoms with Crippen LogP contribution in [0.1, 0.15) is 12.0 Å². The van der Waals surface area contributed by atoms with Crippen molar-refractivity contribution in [2.45, 2.75) is 18.9 Å². The van der Waals surface area contributed by atoms with E-state index in [4.69, 9.17) is 4.74 Å². The molecule has 2 heteroatoms. The average Bonchev–Trinajstić information content (AvgIpc) is 2.30. The summed E-state index contributed by atoms with van der Waals surface area (Å²) in [4.78, 5) is 11.1. The maximum Gasteiger partial charge on any atom is 0.330 e. The second-order valence-electron chi connectivity index (χ2n) is 3.48. The summed E-state index contributed by atoms with van der Waals surface area (Å²) in [6.07, 6.45) is 4.12. The number of benzene rings is 1. The maximum absolute atomic E-state index is 11.1. The standard InChI is InChI=1S/C14H16O2/c1-3-8-13(16-14(15)4-2)11-12-9-6-5-7-10-12/h3-7,9-10,13H,1-2,8,11H2. The Hall–Kier alpha value is -1.83. The third-order valence-electron chi connectivity index (χ3n) is 2.19. The van der Waals surface area contributed by atoms with E-state index in [0.717, 1.165) is 5.56 Å². The number of rotatable bonds is 6. The van der Waals surface area contributed by atoms with Gasteiger partial charge in [-0.25, -0.2) is 4.79 Å². The van der Waals surface area contributed by atoms with E-state index < -0.39 is 0 Å². The van der Waals surface area contributed by atoms with Gasteiger partial charge in [0, 0.05) is 18.9 Å². The van der Waals surface area contributed by atoms with Crippen LogP contribution in [0, 0.1) is 0 Å². The van der Waals surface area contributed by atoms with Gasteiger partial charge in [0.05, 0.1) is 0 Å². The van der Waals surface area contributed by atoms with Crippen molar-refractivity contribution >= 4 is 5.97 Å². The second-order valence-corrected chi connectivity index (χ2v) is 3.48. The summed E-state index contributed by atoms with van der Waals surface area (Å²) in [5, 5.41) is 0. The molecule has 16 heavy (non-hydrogen) atoms. The summed E-state index contributed by atoms with van der Waals surface area (Å²) in [5.74, 6) is -0.386. The van der Waals surface area contributed by atoms with Gasteiger partial charge in [0.2, 0.25) is 0 Å². The van der Waals surface area contributed by atoms with Gasteiger partial charge in [-0.3, -0.25) is 0 Å². The minimum Gasteiger partial charge on any atom is -0.459 e. The number of hydrogen-bond donors (Lipinski definition) is 0. The van der Waals surface area contributed by atoms with Crippen molar-refractivity contribution in [3.8, 4) is 0 Å². The topological polar surface area (TPSA) is 26.3 Å². The summed E-state index contributed by atoms with van der Waals surface area (Å²) in [6.45, 7) is 7.04. The Balaban J connectivity index is 2.60. The molecule has 0 heterocycles. The van der Waals surface area contributed by atoms with E-state index in [2.05, 4.69) is 13.2 Å². The van der Waals surface area contributed by atoms with Gasteiger partial charge in [-0.1, -0.05) is 43.0 Å². The first-order chi connectivity index (χ1) is 7.76. The van der Waals surface area contributed by atoms with Gasteiger partial charge < -0.3 is 4.74 Å². The predicted octanol–water partition coefficient (Wildman–Crippen LogP) is 2.90. The monoisotopic (exact) mass is 216 g/mol. The number of ether oxygens (including phenoxy) is 1. The summed E-state index contributed by atoms with van der Waals surface area (Å²) in [7, 11) is 0. The zero-order valence-electron chi connectivity index (χ0n) is 9.26. The quantitative estimate of drug-likeness (QED) is 0.415. The molecule has 0 spiro atoms. The Bertz CT molecular complexity index is 354. The van der Waals surface area contributed by atoms with Crippen molar-refractivity contribution in [1.82, 2.24) is 0 Å². The highest BCUT2D eigenvalue weighted by Gasteiger charge is 2.11. The van der Waals surface area contributed by atoms with Crippen LogP contribution in [0.2, 0.25) is 0 Å². The van der Waals surface area contributed by atoms with E-state index in [1.807, 2.05) is 30.3 Å². The lowest BCUT2D eigenvalue weighted by Crippen LogP contribution is -2.18. The molecular weight excluding hydrogens is 200 g/mol. The van der Waals surface area contributed by atoms with Crippen LogP contribution in [-0.4, -0.2) is 12.1 Å². The summed E-state index contributed by atoms with van der Waals surface area (Å²) >= 11 is 0. The molecule has 0 fully saturated rings. The Labute approximate surface area is 96.2 Å². The van der Waals surface area contributed by atoms with Gasteiger partial charge in [-0.05, 0) is 5.56 Å². The van der Waals surface area contributed by atoms with Gasteiger partial charge in [-0.2, -0.15) is 0 Å². The number of esters is 1. The maximum atomic E-state index is 11.1. The molecular formula is C14H16O2. The first-order valence-corrected chi connectivity index (χ1v) is 5.24. The van der Waals surface area contributed by atoms with Gasteiger partial charge in [-0.15, -0.1) is 6.58 Å². The Morgan fingerprint density at radius 1 is 1.31 bits per heavy atom. The molecule has 1 rings (SSSR count). The average molecular weight is 216 g/mol. The zero-order chi connectivity index (χ0) is 11.8. The van der Waals surface area contributed by atoms with Crippen LogP contribution in [0.15, 0.2) is 55.6 Å². The molecule has 0 saturated carbocycles. The van der Waals surface area contributed by atoms with Crippen LogP contribution in [-0.2, 0) is 16.0 Å². The Morgan fingerprint density at radius 2 is 2.00 bits per heavy atom. The zero-order valence-corrected chi connectivity index (χ0v) is 9.26. The second kappa shape index (κ2) is 6.62. The number of hydrogen-bond acceptors (Lipinski definition) is 2. The van der Waals surface area contributed by atoms with Crippen LogP contribution in [0.3, 0.4) is 0 Å². The molecule has 2 nitrogen and oxygen atoms in total. The van der Waals surface area contributed by atoms with E-state index in [0.29, 0.717) is 12.8 Å². The lowest BCUT2D eigenvalue weighted by atomic mass is 10.1. The van der Waals surface area contributed by atoms with Crippen LogP contribution < -0.4 is 0 Å². The summed E-state index contributed by atoms with van der Waals surface area (Å²) in [6, 6.07) is 9.92.